The summed E-state index contributed by atoms with van der Waals surface area (Å²) in [7, 11) is 4.67. The van der Waals surface area contributed by atoms with E-state index in [1.807, 2.05) is 31.2 Å². The molecule has 1 N–H and O–H groups in total. The van der Waals surface area contributed by atoms with Gasteiger partial charge in [-0.15, -0.1) is 0 Å². The fraction of sp³-hybridized carbons (Fsp3) is 0.278. The SMILES string of the molecule is COc1ccc([C@@H](C)NC(=O)c2c(OC)cccc2OC)cc1. The Kier molecular flexibility index (Phi) is 5.46. The van der Waals surface area contributed by atoms with E-state index in [1.165, 1.54) is 14.2 Å². The van der Waals surface area contributed by atoms with E-state index < -0.39 is 0 Å². The van der Waals surface area contributed by atoms with Crippen LogP contribution in [0, 0.1) is 0 Å². The van der Waals surface area contributed by atoms with Crippen LogP contribution in [0.1, 0.15) is 28.9 Å². The molecule has 0 heterocycles. The third kappa shape index (κ3) is 3.74. The van der Waals surface area contributed by atoms with Gasteiger partial charge in [0.15, 0.2) is 0 Å². The Hall–Kier alpha value is -2.69. The summed E-state index contributed by atoms with van der Waals surface area (Å²) in [4.78, 5) is 12.6. The van der Waals surface area contributed by atoms with E-state index in [0.29, 0.717) is 17.1 Å². The Bertz CT molecular complexity index is 645. The quantitative estimate of drug-likeness (QED) is 0.889. The number of carbonyl (C=O) groups excluding carboxylic acids is 1. The third-order valence-corrected chi connectivity index (χ3v) is 3.62. The topological polar surface area (TPSA) is 56.8 Å². The van der Waals surface area contributed by atoms with Crippen LogP contribution in [0.25, 0.3) is 0 Å². The van der Waals surface area contributed by atoms with E-state index in [1.54, 1.807) is 25.3 Å². The van der Waals surface area contributed by atoms with Crippen LogP contribution in [0.3, 0.4) is 0 Å². The molecule has 2 rings (SSSR count). The first-order valence-electron chi connectivity index (χ1n) is 7.26. The van der Waals surface area contributed by atoms with Crippen LogP contribution in [0.5, 0.6) is 17.2 Å². The van der Waals surface area contributed by atoms with Gasteiger partial charge in [-0.2, -0.15) is 0 Å². The van der Waals surface area contributed by atoms with Crippen molar-refractivity contribution in [1.82, 2.24) is 5.32 Å². The van der Waals surface area contributed by atoms with Gasteiger partial charge < -0.3 is 19.5 Å². The predicted octanol–water partition coefficient (Wildman–Crippen LogP) is 3.20. The largest absolute Gasteiger partial charge is 0.497 e. The summed E-state index contributed by atoms with van der Waals surface area (Å²) in [5.74, 6) is 1.48. The molecule has 0 aromatic heterocycles. The number of ether oxygens (including phenoxy) is 3. The lowest BCUT2D eigenvalue weighted by Crippen LogP contribution is -2.27. The Labute approximate surface area is 136 Å². The smallest absolute Gasteiger partial charge is 0.259 e. The van der Waals surface area contributed by atoms with Crippen LogP contribution in [-0.4, -0.2) is 27.2 Å². The maximum atomic E-state index is 12.6. The first-order chi connectivity index (χ1) is 11.1. The molecule has 5 heteroatoms. The minimum atomic E-state index is -0.248. The van der Waals surface area contributed by atoms with Crippen LogP contribution in [0.4, 0.5) is 0 Å². The highest BCUT2D eigenvalue weighted by atomic mass is 16.5. The number of rotatable bonds is 6. The van der Waals surface area contributed by atoms with Crippen molar-refractivity contribution in [2.24, 2.45) is 0 Å². The Morgan fingerprint density at radius 1 is 0.913 bits per heavy atom. The summed E-state index contributed by atoms with van der Waals surface area (Å²) in [6, 6.07) is 12.6. The molecule has 0 bridgehead atoms. The summed E-state index contributed by atoms with van der Waals surface area (Å²) in [6.45, 7) is 1.92. The summed E-state index contributed by atoms with van der Waals surface area (Å²) in [5.41, 5.74) is 1.37. The van der Waals surface area contributed by atoms with Gasteiger partial charge in [0, 0.05) is 0 Å². The van der Waals surface area contributed by atoms with Crippen molar-refractivity contribution in [2.45, 2.75) is 13.0 Å². The van der Waals surface area contributed by atoms with Gasteiger partial charge in [0.1, 0.15) is 22.8 Å². The van der Waals surface area contributed by atoms with Gasteiger partial charge in [0.25, 0.3) is 5.91 Å². The van der Waals surface area contributed by atoms with E-state index in [-0.39, 0.29) is 11.9 Å². The van der Waals surface area contributed by atoms with Crippen molar-refractivity contribution in [3.63, 3.8) is 0 Å². The highest BCUT2D eigenvalue weighted by molar-refractivity contribution is 5.99. The maximum absolute atomic E-state index is 12.6. The molecule has 0 saturated carbocycles. The zero-order valence-electron chi connectivity index (χ0n) is 13.8. The Morgan fingerprint density at radius 3 is 1.96 bits per heavy atom. The molecule has 5 nitrogen and oxygen atoms in total. The van der Waals surface area contributed by atoms with E-state index in [2.05, 4.69) is 5.32 Å². The number of hydrogen-bond acceptors (Lipinski definition) is 4. The number of benzene rings is 2. The van der Waals surface area contributed by atoms with Gasteiger partial charge in [0.2, 0.25) is 0 Å². The molecule has 2 aromatic carbocycles. The van der Waals surface area contributed by atoms with Gasteiger partial charge in [-0.05, 0) is 36.8 Å². The Balaban J connectivity index is 2.21. The molecule has 0 aliphatic carbocycles. The van der Waals surface area contributed by atoms with Crippen LogP contribution >= 0.6 is 0 Å². The monoisotopic (exact) mass is 315 g/mol. The lowest BCUT2D eigenvalue weighted by molar-refractivity contribution is 0.0933. The molecule has 0 radical (unpaired) electrons. The predicted molar refractivity (Wildman–Crippen MR) is 88.4 cm³/mol. The molecular formula is C18H21NO4. The summed E-state index contributed by atoms with van der Waals surface area (Å²) in [5, 5.41) is 2.96. The highest BCUT2D eigenvalue weighted by Crippen LogP contribution is 2.29. The van der Waals surface area contributed by atoms with Crippen LogP contribution < -0.4 is 19.5 Å². The Morgan fingerprint density at radius 2 is 1.48 bits per heavy atom. The summed E-state index contributed by atoms with van der Waals surface area (Å²) < 4.78 is 15.7. The number of carbonyl (C=O) groups is 1. The van der Waals surface area contributed by atoms with Crippen molar-refractivity contribution in [2.75, 3.05) is 21.3 Å². The molecule has 23 heavy (non-hydrogen) atoms. The van der Waals surface area contributed by atoms with Gasteiger partial charge in [-0.3, -0.25) is 4.79 Å². The number of hydrogen-bond donors (Lipinski definition) is 1. The maximum Gasteiger partial charge on any atom is 0.259 e. The average Bonchev–Trinajstić information content (AvgIpc) is 2.60. The van der Waals surface area contributed by atoms with Gasteiger partial charge >= 0.3 is 0 Å². The summed E-state index contributed by atoms with van der Waals surface area (Å²) >= 11 is 0. The normalized spacial score (nSPS) is 11.5. The zero-order valence-corrected chi connectivity index (χ0v) is 13.8. The summed E-state index contributed by atoms with van der Waals surface area (Å²) in [6.07, 6.45) is 0. The molecule has 0 fully saturated rings. The molecule has 2 aromatic rings. The standard InChI is InChI=1S/C18H21NO4/c1-12(13-8-10-14(21-2)11-9-13)19-18(20)17-15(22-3)6-5-7-16(17)23-4/h5-12H,1-4H3,(H,19,20)/t12-/m1/s1. The number of nitrogens with one attached hydrogen (secondary N) is 1. The van der Waals surface area contributed by atoms with Gasteiger partial charge in [0.05, 0.1) is 27.4 Å². The van der Waals surface area contributed by atoms with E-state index in [9.17, 15) is 4.79 Å². The third-order valence-electron chi connectivity index (χ3n) is 3.62. The molecule has 0 aliphatic rings. The molecule has 0 unspecified atom stereocenters. The lowest BCUT2D eigenvalue weighted by atomic mass is 10.1. The first kappa shape index (κ1) is 16.7. The van der Waals surface area contributed by atoms with Gasteiger partial charge in [-0.1, -0.05) is 18.2 Å². The fourth-order valence-electron chi connectivity index (χ4n) is 2.32. The average molecular weight is 315 g/mol. The second-order valence-electron chi connectivity index (χ2n) is 5.01. The molecular weight excluding hydrogens is 294 g/mol. The van der Waals surface area contributed by atoms with Gasteiger partial charge in [-0.25, -0.2) is 0 Å². The van der Waals surface area contributed by atoms with E-state index >= 15 is 0 Å². The minimum absolute atomic E-state index is 0.164. The molecule has 1 amide bonds. The zero-order chi connectivity index (χ0) is 16.8. The van der Waals surface area contributed by atoms with Crippen LogP contribution in [0.2, 0.25) is 0 Å². The van der Waals surface area contributed by atoms with E-state index in [0.717, 1.165) is 11.3 Å². The highest BCUT2D eigenvalue weighted by Gasteiger charge is 2.20. The van der Waals surface area contributed by atoms with Crippen LogP contribution in [-0.2, 0) is 0 Å². The van der Waals surface area contributed by atoms with Crippen molar-refractivity contribution in [3.05, 3.63) is 53.6 Å². The van der Waals surface area contributed by atoms with Crippen LogP contribution in [0.15, 0.2) is 42.5 Å². The van der Waals surface area contributed by atoms with Crippen molar-refractivity contribution >= 4 is 5.91 Å². The van der Waals surface area contributed by atoms with Crippen molar-refractivity contribution in [3.8, 4) is 17.2 Å². The second kappa shape index (κ2) is 7.54. The second-order valence-corrected chi connectivity index (χ2v) is 5.01. The molecule has 0 saturated heterocycles. The van der Waals surface area contributed by atoms with Crippen molar-refractivity contribution in [1.29, 1.82) is 0 Å². The molecule has 0 spiro atoms. The van der Waals surface area contributed by atoms with E-state index in [4.69, 9.17) is 14.2 Å². The molecule has 122 valence electrons. The lowest BCUT2D eigenvalue weighted by Gasteiger charge is -2.17. The fourth-order valence-corrected chi connectivity index (χ4v) is 2.32. The minimum Gasteiger partial charge on any atom is -0.497 e. The number of amides is 1. The molecule has 0 aliphatic heterocycles. The first-order valence-corrected chi connectivity index (χ1v) is 7.26. The van der Waals surface area contributed by atoms with Crippen molar-refractivity contribution < 1.29 is 19.0 Å². The number of methoxy groups -OCH3 is 3. The molecule has 1 atom stereocenters.